The van der Waals surface area contributed by atoms with E-state index in [-0.39, 0.29) is 5.91 Å². The molecule has 0 aromatic heterocycles. The van der Waals surface area contributed by atoms with Crippen LogP contribution in [0.5, 0.6) is 0 Å². The van der Waals surface area contributed by atoms with Crippen molar-refractivity contribution in [3.8, 4) is 0 Å². The highest BCUT2D eigenvalue weighted by Crippen LogP contribution is 2.24. The third-order valence-electron chi connectivity index (χ3n) is 3.50. The summed E-state index contributed by atoms with van der Waals surface area (Å²) < 4.78 is 0. The number of anilines is 1. The molecule has 1 aromatic carbocycles. The van der Waals surface area contributed by atoms with Gasteiger partial charge in [0.1, 0.15) is 0 Å². The summed E-state index contributed by atoms with van der Waals surface area (Å²) in [5.41, 5.74) is 4.85. The smallest absolute Gasteiger partial charge is 0.253 e. The number of nitrogens with one attached hydrogen (secondary N) is 2. The molecule has 1 aliphatic carbocycles. The van der Waals surface area contributed by atoms with Gasteiger partial charge in [0.15, 0.2) is 0 Å². The Morgan fingerprint density at radius 2 is 2.21 bits per heavy atom. The van der Waals surface area contributed by atoms with Gasteiger partial charge in [0.25, 0.3) is 5.91 Å². The van der Waals surface area contributed by atoms with Crippen LogP contribution in [0.4, 0.5) is 5.69 Å². The first-order chi connectivity index (χ1) is 9.11. The maximum absolute atomic E-state index is 12.1. The van der Waals surface area contributed by atoms with Crippen molar-refractivity contribution in [3.63, 3.8) is 0 Å². The first kappa shape index (κ1) is 13.8. The molecular formula is C14H22N4O. The van der Waals surface area contributed by atoms with E-state index in [4.69, 9.17) is 5.84 Å². The molecule has 4 N–H and O–H groups in total. The fourth-order valence-electron chi connectivity index (χ4n) is 2.11. The van der Waals surface area contributed by atoms with E-state index in [1.54, 1.807) is 0 Å². The van der Waals surface area contributed by atoms with E-state index in [9.17, 15) is 4.79 Å². The maximum Gasteiger partial charge on any atom is 0.253 e. The quantitative estimate of drug-likeness (QED) is 0.530. The highest BCUT2D eigenvalue weighted by Gasteiger charge is 2.25. The van der Waals surface area contributed by atoms with Gasteiger partial charge in [-0.05, 0) is 38.9 Å². The minimum Gasteiger partial charge on any atom is -0.351 e. The molecule has 1 fully saturated rings. The van der Waals surface area contributed by atoms with Crippen LogP contribution in [0, 0.1) is 6.92 Å². The van der Waals surface area contributed by atoms with Crippen molar-refractivity contribution in [2.45, 2.75) is 25.8 Å². The Kier molecular flexibility index (Phi) is 4.39. The lowest BCUT2D eigenvalue weighted by Crippen LogP contribution is -2.34. The Hall–Kier alpha value is -1.59. The number of hydrogen-bond acceptors (Lipinski definition) is 4. The third kappa shape index (κ3) is 3.68. The summed E-state index contributed by atoms with van der Waals surface area (Å²) in [4.78, 5) is 14.4. The van der Waals surface area contributed by atoms with Gasteiger partial charge in [-0.1, -0.05) is 11.6 Å². The predicted molar refractivity (Wildman–Crippen MR) is 77.0 cm³/mol. The van der Waals surface area contributed by atoms with E-state index < -0.39 is 0 Å². The summed E-state index contributed by atoms with van der Waals surface area (Å²) in [7, 11) is 2.10. The molecule has 0 radical (unpaired) electrons. The maximum atomic E-state index is 12.1. The zero-order chi connectivity index (χ0) is 13.8. The molecule has 2 rings (SSSR count). The molecule has 1 aromatic rings. The summed E-state index contributed by atoms with van der Waals surface area (Å²) >= 11 is 0. The molecular weight excluding hydrogens is 240 g/mol. The van der Waals surface area contributed by atoms with Crippen LogP contribution in [0.3, 0.4) is 0 Å². The summed E-state index contributed by atoms with van der Waals surface area (Å²) in [5, 5.41) is 2.94. The number of rotatable bonds is 6. The van der Waals surface area contributed by atoms with Crippen LogP contribution in [0.2, 0.25) is 0 Å². The number of hydrogen-bond donors (Lipinski definition) is 3. The van der Waals surface area contributed by atoms with Crippen molar-refractivity contribution in [2.75, 3.05) is 25.6 Å². The lowest BCUT2D eigenvalue weighted by molar-refractivity contribution is 0.0950. The first-order valence-corrected chi connectivity index (χ1v) is 6.67. The summed E-state index contributed by atoms with van der Waals surface area (Å²) in [6.07, 6.45) is 2.56. The van der Waals surface area contributed by atoms with Gasteiger partial charge in [-0.3, -0.25) is 10.6 Å². The number of amides is 1. The zero-order valence-electron chi connectivity index (χ0n) is 11.6. The van der Waals surface area contributed by atoms with Crippen LogP contribution in [-0.2, 0) is 0 Å². The van der Waals surface area contributed by atoms with E-state index in [0.29, 0.717) is 17.8 Å². The van der Waals surface area contributed by atoms with Crippen molar-refractivity contribution < 1.29 is 4.79 Å². The third-order valence-corrected chi connectivity index (χ3v) is 3.50. The van der Waals surface area contributed by atoms with Crippen molar-refractivity contribution in [1.82, 2.24) is 10.2 Å². The Morgan fingerprint density at radius 1 is 1.47 bits per heavy atom. The fraction of sp³-hybridized carbons (Fsp3) is 0.500. The Labute approximate surface area is 114 Å². The molecule has 1 saturated carbocycles. The van der Waals surface area contributed by atoms with Crippen molar-refractivity contribution in [1.29, 1.82) is 0 Å². The van der Waals surface area contributed by atoms with Gasteiger partial charge in [-0.25, -0.2) is 0 Å². The number of benzene rings is 1. The number of nitrogens with zero attached hydrogens (tertiary/aromatic N) is 1. The van der Waals surface area contributed by atoms with Gasteiger partial charge in [0.05, 0.1) is 11.3 Å². The monoisotopic (exact) mass is 262 g/mol. The van der Waals surface area contributed by atoms with Crippen LogP contribution in [-0.4, -0.2) is 37.0 Å². The second-order valence-corrected chi connectivity index (χ2v) is 5.16. The van der Waals surface area contributed by atoms with E-state index in [0.717, 1.165) is 18.2 Å². The minimum atomic E-state index is -0.0825. The number of nitrogens with two attached hydrogens (primary N) is 1. The highest BCUT2D eigenvalue weighted by molar-refractivity contribution is 5.99. The molecule has 0 saturated heterocycles. The summed E-state index contributed by atoms with van der Waals surface area (Å²) in [6.45, 7) is 3.50. The molecule has 0 bridgehead atoms. The van der Waals surface area contributed by atoms with Crippen molar-refractivity contribution >= 4 is 11.6 Å². The second kappa shape index (κ2) is 6.04. The van der Waals surface area contributed by atoms with E-state index in [2.05, 4.69) is 22.7 Å². The molecule has 0 unspecified atom stereocenters. The Balaban J connectivity index is 1.89. The summed E-state index contributed by atoms with van der Waals surface area (Å²) in [6, 6.07) is 6.31. The van der Waals surface area contributed by atoms with Crippen LogP contribution in [0.1, 0.15) is 28.8 Å². The average Bonchev–Trinajstić information content (AvgIpc) is 3.22. The molecule has 0 aliphatic heterocycles. The minimum absolute atomic E-state index is 0.0825. The summed E-state index contributed by atoms with van der Waals surface area (Å²) in [5.74, 6) is 5.34. The number of carbonyl (C=O) groups excluding carboxylic acids is 1. The van der Waals surface area contributed by atoms with Crippen molar-refractivity contribution in [3.05, 3.63) is 29.3 Å². The average molecular weight is 262 g/mol. The zero-order valence-corrected chi connectivity index (χ0v) is 11.6. The predicted octanol–water partition coefficient (Wildman–Crippen LogP) is 1.10. The first-order valence-electron chi connectivity index (χ1n) is 6.67. The fourth-order valence-corrected chi connectivity index (χ4v) is 2.11. The van der Waals surface area contributed by atoms with Gasteiger partial charge in [-0.2, -0.15) is 0 Å². The lowest BCUT2D eigenvalue weighted by atomic mass is 10.1. The van der Waals surface area contributed by atoms with E-state index in [1.165, 1.54) is 12.8 Å². The van der Waals surface area contributed by atoms with E-state index in [1.807, 2.05) is 25.1 Å². The van der Waals surface area contributed by atoms with Gasteiger partial charge in [0, 0.05) is 19.1 Å². The Bertz CT molecular complexity index is 457. The van der Waals surface area contributed by atoms with Gasteiger partial charge >= 0.3 is 0 Å². The van der Waals surface area contributed by atoms with Gasteiger partial charge in [-0.15, -0.1) is 0 Å². The molecule has 1 aliphatic rings. The van der Waals surface area contributed by atoms with Crippen LogP contribution < -0.4 is 16.6 Å². The molecule has 5 nitrogen and oxygen atoms in total. The SMILES string of the molecule is Cc1ccc(NN)c(C(=O)NCCN(C)C2CC2)c1. The van der Waals surface area contributed by atoms with Gasteiger partial charge in [0.2, 0.25) is 0 Å². The highest BCUT2D eigenvalue weighted by atomic mass is 16.1. The van der Waals surface area contributed by atoms with Crippen molar-refractivity contribution in [2.24, 2.45) is 5.84 Å². The van der Waals surface area contributed by atoms with Crippen LogP contribution in [0.15, 0.2) is 18.2 Å². The Morgan fingerprint density at radius 3 is 2.84 bits per heavy atom. The normalized spacial score (nSPS) is 14.5. The molecule has 0 atom stereocenters. The molecule has 0 heterocycles. The number of carbonyl (C=O) groups is 1. The lowest BCUT2D eigenvalue weighted by Gasteiger charge is -2.16. The van der Waals surface area contributed by atoms with Gasteiger partial charge < -0.3 is 15.6 Å². The topological polar surface area (TPSA) is 70.4 Å². The molecule has 19 heavy (non-hydrogen) atoms. The number of hydrazine groups is 1. The number of nitrogen functional groups attached to an aromatic ring is 1. The number of aryl methyl sites for hydroxylation is 1. The van der Waals surface area contributed by atoms with Crippen LogP contribution >= 0.6 is 0 Å². The second-order valence-electron chi connectivity index (χ2n) is 5.16. The number of likely N-dealkylation sites (N-methyl/N-ethyl adjacent to an activating group) is 1. The molecule has 0 spiro atoms. The molecule has 1 amide bonds. The largest absolute Gasteiger partial charge is 0.351 e. The standard InChI is InChI=1S/C14H22N4O/c1-10-3-6-13(17-15)12(9-10)14(19)16-7-8-18(2)11-4-5-11/h3,6,9,11,17H,4-5,7-8,15H2,1-2H3,(H,16,19). The molecule has 5 heteroatoms. The molecule has 104 valence electrons. The van der Waals surface area contributed by atoms with E-state index >= 15 is 0 Å². The van der Waals surface area contributed by atoms with Crippen LogP contribution in [0.25, 0.3) is 0 Å².